The Kier molecular flexibility index (Phi) is 6.37. The number of nitrogens with one attached hydrogen (secondary N) is 2. The lowest BCUT2D eigenvalue weighted by atomic mass is 10.1. The Labute approximate surface area is 149 Å². The molecule has 1 heterocycles. The molecule has 1 atom stereocenters. The van der Waals surface area contributed by atoms with Gasteiger partial charge < -0.3 is 16.0 Å². The summed E-state index contributed by atoms with van der Waals surface area (Å²) in [6.45, 7) is 1.56. The van der Waals surface area contributed by atoms with Gasteiger partial charge in [0.1, 0.15) is 5.82 Å². The quantitative estimate of drug-likeness (QED) is 0.517. The third kappa shape index (κ3) is 5.02. The molecule has 0 radical (unpaired) electrons. The number of imidazole rings is 1. The lowest BCUT2D eigenvalue weighted by Crippen LogP contribution is -2.22. The van der Waals surface area contributed by atoms with E-state index in [1.54, 1.807) is 0 Å². The van der Waals surface area contributed by atoms with Crippen molar-refractivity contribution in [3.8, 4) is 11.3 Å². The van der Waals surface area contributed by atoms with Crippen LogP contribution in [0.4, 0.5) is 0 Å². The highest BCUT2D eigenvalue weighted by Gasteiger charge is 2.15. The maximum atomic E-state index is 5.65. The number of aromatic amines is 1. The van der Waals surface area contributed by atoms with Gasteiger partial charge in [0.15, 0.2) is 0 Å². The van der Waals surface area contributed by atoms with E-state index in [0.29, 0.717) is 0 Å². The molecule has 0 unspecified atom stereocenters. The third-order valence-corrected chi connectivity index (χ3v) is 4.35. The second kappa shape index (κ2) is 9.16. The minimum Gasteiger partial charge on any atom is -0.341 e. The van der Waals surface area contributed by atoms with Crippen LogP contribution < -0.4 is 11.1 Å². The van der Waals surface area contributed by atoms with Crippen molar-refractivity contribution in [1.82, 2.24) is 15.3 Å². The molecule has 0 aliphatic carbocycles. The molecule has 0 saturated carbocycles. The molecule has 2 aromatic carbocycles. The number of hydrogen-bond acceptors (Lipinski definition) is 3. The van der Waals surface area contributed by atoms with Gasteiger partial charge >= 0.3 is 0 Å². The predicted octanol–water partition coefficient (Wildman–Crippen LogP) is 4.04. The minimum absolute atomic E-state index is 0.198. The first kappa shape index (κ1) is 17.4. The summed E-state index contributed by atoms with van der Waals surface area (Å²) in [6, 6.07) is 21.0. The first-order chi connectivity index (χ1) is 12.4. The number of aromatic nitrogens is 2. The van der Waals surface area contributed by atoms with E-state index in [9.17, 15) is 0 Å². The number of unbranched alkanes of at least 4 members (excludes halogenated alkanes) is 1. The summed E-state index contributed by atoms with van der Waals surface area (Å²) >= 11 is 0. The molecule has 0 fully saturated rings. The number of nitrogens with zero attached hydrogens (tertiary/aromatic N) is 1. The largest absolute Gasteiger partial charge is 0.341 e. The van der Waals surface area contributed by atoms with Crippen LogP contribution >= 0.6 is 0 Å². The monoisotopic (exact) mass is 334 g/mol. The summed E-state index contributed by atoms with van der Waals surface area (Å²) in [5, 5.41) is 3.64. The standard InChI is InChI=1S/C21H26N4/c22-14-8-7-13-19(23-15-17-9-3-1-4-10-17)21-24-16-20(25-21)18-11-5-2-6-12-18/h1-6,9-12,16,19,23H,7-8,13-15,22H2,(H,24,25)/t19-/m1/s1. The molecule has 0 aliphatic rings. The predicted molar refractivity (Wildman–Crippen MR) is 103 cm³/mol. The van der Waals surface area contributed by atoms with Crippen molar-refractivity contribution in [3.05, 3.63) is 78.2 Å². The Morgan fingerprint density at radius 2 is 1.68 bits per heavy atom. The Hall–Kier alpha value is -2.43. The Morgan fingerprint density at radius 1 is 0.960 bits per heavy atom. The molecule has 0 spiro atoms. The van der Waals surface area contributed by atoms with Gasteiger partial charge in [0.25, 0.3) is 0 Å². The SMILES string of the molecule is NCCCC[C@@H](NCc1ccccc1)c1ncc(-c2ccccc2)[nH]1. The van der Waals surface area contributed by atoms with Crippen LogP contribution in [0.3, 0.4) is 0 Å². The summed E-state index contributed by atoms with van der Waals surface area (Å²) in [5.74, 6) is 0.992. The highest BCUT2D eigenvalue weighted by molar-refractivity contribution is 5.58. The molecule has 0 saturated heterocycles. The fourth-order valence-electron chi connectivity index (χ4n) is 2.94. The molecule has 0 amide bonds. The normalized spacial score (nSPS) is 12.2. The van der Waals surface area contributed by atoms with Crippen molar-refractivity contribution in [2.45, 2.75) is 31.8 Å². The zero-order valence-electron chi connectivity index (χ0n) is 14.5. The molecule has 4 N–H and O–H groups in total. The van der Waals surface area contributed by atoms with Crippen LogP contribution in [0.1, 0.15) is 36.7 Å². The number of H-pyrrole nitrogens is 1. The Morgan fingerprint density at radius 3 is 2.40 bits per heavy atom. The highest BCUT2D eigenvalue weighted by atomic mass is 15.0. The van der Waals surface area contributed by atoms with Crippen LogP contribution in [0.5, 0.6) is 0 Å². The van der Waals surface area contributed by atoms with Crippen molar-refractivity contribution in [3.63, 3.8) is 0 Å². The second-order valence-corrected chi connectivity index (χ2v) is 6.25. The van der Waals surface area contributed by atoms with Crippen molar-refractivity contribution in [2.75, 3.05) is 6.54 Å². The maximum absolute atomic E-state index is 5.65. The first-order valence-electron chi connectivity index (χ1n) is 8.94. The molecule has 1 aromatic heterocycles. The van der Waals surface area contributed by atoms with Gasteiger partial charge in [-0.1, -0.05) is 67.1 Å². The Bertz CT molecular complexity index is 737. The maximum Gasteiger partial charge on any atom is 0.123 e. The number of hydrogen-bond donors (Lipinski definition) is 3. The zero-order chi connectivity index (χ0) is 17.3. The van der Waals surface area contributed by atoms with E-state index in [1.165, 1.54) is 5.56 Å². The molecule has 3 rings (SSSR count). The first-order valence-corrected chi connectivity index (χ1v) is 8.94. The minimum atomic E-state index is 0.198. The molecule has 4 heteroatoms. The molecular weight excluding hydrogens is 308 g/mol. The molecule has 4 nitrogen and oxygen atoms in total. The number of nitrogens with two attached hydrogens (primary N) is 1. The summed E-state index contributed by atoms with van der Waals surface area (Å²) in [7, 11) is 0. The topological polar surface area (TPSA) is 66.7 Å². The fourth-order valence-corrected chi connectivity index (χ4v) is 2.94. The molecule has 130 valence electrons. The third-order valence-electron chi connectivity index (χ3n) is 4.35. The molecule has 0 aliphatic heterocycles. The molecular formula is C21H26N4. The van der Waals surface area contributed by atoms with Gasteiger partial charge in [-0.15, -0.1) is 0 Å². The van der Waals surface area contributed by atoms with E-state index in [4.69, 9.17) is 5.73 Å². The highest BCUT2D eigenvalue weighted by Crippen LogP contribution is 2.22. The molecule has 25 heavy (non-hydrogen) atoms. The van der Waals surface area contributed by atoms with Crippen LogP contribution in [-0.4, -0.2) is 16.5 Å². The summed E-state index contributed by atoms with van der Waals surface area (Å²) in [4.78, 5) is 8.12. The van der Waals surface area contributed by atoms with E-state index in [2.05, 4.69) is 51.7 Å². The van der Waals surface area contributed by atoms with Crippen molar-refractivity contribution in [2.24, 2.45) is 5.73 Å². The second-order valence-electron chi connectivity index (χ2n) is 6.25. The Balaban J connectivity index is 1.71. The van der Waals surface area contributed by atoms with Gasteiger partial charge in [-0.25, -0.2) is 4.98 Å². The average molecular weight is 334 g/mol. The van der Waals surface area contributed by atoms with Gasteiger partial charge in [0, 0.05) is 6.54 Å². The summed E-state index contributed by atoms with van der Waals surface area (Å²) in [5.41, 5.74) is 9.15. The van der Waals surface area contributed by atoms with Gasteiger partial charge in [-0.3, -0.25) is 0 Å². The lowest BCUT2D eigenvalue weighted by molar-refractivity contribution is 0.460. The van der Waals surface area contributed by atoms with Crippen molar-refractivity contribution >= 4 is 0 Å². The van der Waals surface area contributed by atoms with Crippen LogP contribution in [0.25, 0.3) is 11.3 Å². The van der Waals surface area contributed by atoms with Crippen LogP contribution in [0.2, 0.25) is 0 Å². The van der Waals surface area contributed by atoms with Crippen LogP contribution in [0.15, 0.2) is 66.9 Å². The zero-order valence-corrected chi connectivity index (χ0v) is 14.5. The van der Waals surface area contributed by atoms with Gasteiger partial charge in [0.2, 0.25) is 0 Å². The van der Waals surface area contributed by atoms with Crippen molar-refractivity contribution in [1.29, 1.82) is 0 Å². The van der Waals surface area contributed by atoms with E-state index >= 15 is 0 Å². The van der Waals surface area contributed by atoms with Gasteiger partial charge in [0.05, 0.1) is 17.9 Å². The van der Waals surface area contributed by atoms with E-state index in [-0.39, 0.29) is 6.04 Å². The van der Waals surface area contributed by atoms with E-state index in [0.717, 1.165) is 49.4 Å². The average Bonchev–Trinajstić information content (AvgIpc) is 3.16. The molecule has 0 bridgehead atoms. The van der Waals surface area contributed by atoms with Gasteiger partial charge in [-0.2, -0.15) is 0 Å². The van der Waals surface area contributed by atoms with Crippen LogP contribution in [-0.2, 0) is 6.54 Å². The summed E-state index contributed by atoms with van der Waals surface area (Å²) in [6.07, 6.45) is 5.07. The molecule has 3 aromatic rings. The summed E-state index contributed by atoms with van der Waals surface area (Å²) < 4.78 is 0. The smallest absolute Gasteiger partial charge is 0.123 e. The van der Waals surface area contributed by atoms with Gasteiger partial charge in [-0.05, 0) is 30.5 Å². The fraction of sp³-hybridized carbons (Fsp3) is 0.286. The lowest BCUT2D eigenvalue weighted by Gasteiger charge is -2.17. The van der Waals surface area contributed by atoms with Crippen molar-refractivity contribution < 1.29 is 0 Å². The number of rotatable bonds is 9. The van der Waals surface area contributed by atoms with E-state index < -0.39 is 0 Å². The van der Waals surface area contributed by atoms with E-state index in [1.807, 2.05) is 30.5 Å². The van der Waals surface area contributed by atoms with Crippen LogP contribution in [0, 0.1) is 0 Å². The number of benzene rings is 2.